The van der Waals surface area contributed by atoms with Crippen LogP contribution in [-0.4, -0.2) is 5.91 Å². The van der Waals surface area contributed by atoms with E-state index in [9.17, 15) is 4.79 Å². The van der Waals surface area contributed by atoms with E-state index in [2.05, 4.69) is 33.9 Å². The van der Waals surface area contributed by atoms with Gasteiger partial charge in [-0.1, -0.05) is 23.7 Å². The SMILES string of the molecule is Cc1ccc(S)cc1C(=O)Nc1cccc(Cl)c1Br. The molecule has 5 heteroatoms. The van der Waals surface area contributed by atoms with Crippen molar-refractivity contribution >= 4 is 51.8 Å². The molecular weight excluding hydrogens is 346 g/mol. The zero-order valence-electron chi connectivity index (χ0n) is 10.1. The summed E-state index contributed by atoms with van der Waals surface area (Å²) in [6, 6.07) is 10.8. The number of carbonyl (C=O) groups excluding carboxylic acids is 1. The molecule has 1 N–H and O–H groups in total. The fourth-order valence-corrected chi connectivity index (χ4v) is 2.39. The molecule has 2 rings (SSSR count). The van der Waals surface area contributed by atoms with Crippen molar-refractivity contribution in [2.24, 2.45) is 0 Å². The molecular formula is C14H11BrClNOS. The van der Waals surface area contributed by atoms with Crippen molar-refractivity contribution < 1.29 is 4.79 Å². The Labute approximate surface area is 130 Å². The molecule has 0 saturated carbocycles. The summed E-state index contributed by atoms with van der Waals surface area (Å²) >= 11 is 13.6. The van der Waals surface area contributed by atoms with Crippen molar-refractivity contribution in [1.82, 2.24) is 0 Å². The number of hydrogen-bond donors (Lipinski definition) is 2. The first kappa shape index (κ1) is 14.4. The minimum Gasteiger partial charge on any atom is -0.321 e. The van der Waals surface area contributed by atoms with E-state index in [1.807, 2.05) is 19.1 Å². The lowest BCUT2D eigenvalue weighted by atomic mass is 10.1. The van der Waals surface area contributed by atoms with Crippen LogP contribution in [0.1, 0.15) is 15.9 Å². The highest BCUT2D eigenvalue weighted by Gasteiger charge is 2.12. The van der Waals surface area contributed by atoms with Gasteiger partial charge < -0.3 is 5.32 Å². The topological polar surface area (TPSA) is 29.1 Å². The molecule has 2 nitrogen and oxygen atoms in total. The summed E-state index contributed by atoms with van der Waals surface area (Å²) in [5.41, 5.74) is 2.13. The summed E-state index contributed by atoms with van der Waals surface area (Å²) in [5, 5.41) is 3.38. The third kappa shape index (κ3) is 3.32. The van der Waals surface area contributed by atoms with Gasteiger partial charge >= 0.3 is 0 Å². The number of nitrogens with one attached hydrogen (secondary N) is 1. The molecule has 0 spiro atoms. The summed E-state index contributed by atoms with van der Waals surface area (Å²) in [6.07, 6.45) is 0. The lowest BCUT2D eigenvalue weighted by Gasteiger charge is -2.10. The minimum atomic E-state index is -0.184. The summed E-state index contributed by atoms with van der Waals surface area (Å²) in [6.45, 7) is 1.88. The van der Waals surface area contributed by atoms with Gasteiger partial charge in [-0.05, 0) is 52.7 Å². The molecule has 0 radical (unpaired) electrons. The Hall–Kier alpha value is -0.970. The number of rotatable bonds is 2. The van der Waals surface area contributed by atoms with Crippen molar-refractivity contribution in [2.45, 2.75) is 11.8 Å². The molecule has 0 aliphatic heterocycles. The van der Waals surface area contributed by atoms with Gasteiger partial charge in [0.25, 0.3) is 5.91 Å². The number of benzene rings is 2. The Morgan fingerprint density at radius 2 is 2.05 bits per heavy atom. The summed E-state index contributed by atoms with van der Waals surface area (Å²) < 4.78 is 0.671. The predicted molar refractivity (Wildman–Crippen MR) is 85.5 cm³/mol. The first-order valence-electron chi connectivity index (χ1n) is 5.54. The van der Waals surface area contributed by atoms with Gasteiger partial charge in [0.2, 0.25) is 0 Å². The molecule has 0 heterocycles. The van der Waals surface area contributed by atoms with Gasteiger partial charge in [0, 0.05) is 10.5 Å². The molecule has 19 heavy (non-hydrogen) atoms. The van der Waals surface area contributed by atoms with E-state index in [4.69, 9.17) is 11.6 Å². The smallest absolute Gasteiger partial charge is 0.256 e. The molecule has 0 aliphatic rings. The zero-order chi connectivity index (χ0) is 14.0. The lowest BCUT2D eigenvalue weighted by molar-refractivity contribution is 0.102. The Kier molecular flexibility index (Phi) is 4.55. The number of anilines is 1. The highest BCUT2D eigenvalue weighted by molar-refractivity contribution is 9.10. The number of aryl methyl sites for hydroxylation is 1. The largest absolute Gasteiger partial charge is 0.321 e. The third-order valence-corrected chi connectivity index (χ3v) is 4.34. The van der Waals surface area contributed by atoms with Crippen molar-refractivity contribution in [3.63, 3.8) is 0 Å². The van der Waals surface area contributed by atoms with Gasteiger partial charge in [0.1, 0.15) is 0 Å². The van der Waals surface area contributed by atoms with E-state index in [0.29, 0.717) is 20.7 Å². The Balaban J connectivity index is 2.31. The van der Waals surface area contributed by atoms with Crippen LogP contribution in [0.25, 0.3) is 0 Å². The molecule has 0 saturated heterocycles. The number of hydrogen-bond acceptors (Lipinski definition) is 2. The van der Waals surface area contributed by atoms with E-state index in [1.54, 1.807) is 24.3 Å². The average molecular weight is 357 g/mol. The van der Waals surface area contributed by atoms with Crippen LogP contribution >= 0.6 is 40.2 Å². The van der Waals surface area contributed by atoms with Crippen LogP contribution in [0.5, 0.6) is 0 Å². The molecule has 0 unspecified atom stereocenters. The molecule has 2 aromatic rings. The minimum absolute atomic E-state index is 0.184. The van der Waals surface area contributed by atoms with Crippen LogP contribution < -0.4 is 5.32 Å². The second-order valence-corrected chi connectivity index (χ2v) is 5.77. The molecule has 0 atom stereocenters. The van der Waals surface area contributed by atoms with E-state index in [1.165, 1.54) is 0 Å². The normalized spacial score (nSPS) is 10.3. The highest BCUT2D eigenvalue weighted by atomic mass is 79.9. The molecule has 2 aromatic carbocycles. The Bertz CT molecular complexity index is 645. The maximum Gasteiger partial charge on any atom is 0.256 e. The summed E-state index contributed by atoms with van der Waals surface area (Å²) in [4.78, 5) is 13.0. The van der Waals surface area contributed by atoms with Crippen LogP contribution in [-0.2, 0) is 0 Å². The van der Waals surface area contributed by atoms with E-state index in [-0.39, 0.29) is 5.91 Å². The molecule has 0 aromatic heterocycles. The zero-order valence-corrected chi connectivity index (χ0v) is 13.3. The van der Waals surface area contributed by atoms with Crippen molar-refractivity contribution in [3.8, 4) is 0 Å². The predicted octanol–water partition coefficient (Wildman–Crippen LogP) is 4.95. The van der Waals surface area contributed by atoms with E-state index < -0.39 is 0 Å². The van der Waals surface area contributed by atoms with Crippen molar-refractivity contribution in [2.75, 3.05) is 5.32 Å². The molecule has 0 fully saturated rings. The monoisotopic (exact) mass is 355 g/mol. The van der Waals surface area contributed by atoms with Crippen LogP contribution in [0.2, 0.25) is 5.02 Å². The van der Waals surface area contributed by atoms with Gasteiger partial charge in [-0.15, -0.1) is 12.6 Å². The molecule has 0 aliphatic carbocycles. The second kappa shape index (κ2) is 5.99. The number of amides is 1. The Morgan fingerprint density at radius 3 is 2.79 bits per heavy atom. The maximum absolute atomic E-state index is 12.2. The quantitative estimate of drug-likeness (QED) is 0.732. The molecule has 98 valence electrons. The Morgan fingerprint density at radius 1 is 1.32 bits per heavy atom. The second-order valence-electron chi connectivity index (χ2n) is 4.05. The third-order valence-electron chi connectivity index (χ3n) is 2.67. The van der Waals surface area contributed by atoms with Crippen LogP contribution in [0.3, 0.4) is 0 Å². The van der Waals surface area contributed by atoms with Crippen LogP contribution in [0.15, 0.2) is 45.8 Å². The number of carbonyl (C=O) groups is 1. The lowest BCUT2D eigenvalue weighted by Crippen LogP contribution is -2.13. The van der Waals surface area contributed by atoms with Crippen LogP contribution in [0, 0.1) is 6.92 Å². The standard InChI is InChI=1S/C14H11BrClNOS/c1-8-5-6-9(19)7-10(8)14(18)17-12-4-2-3-11(16)13(12)15/h2-7,19H,1H3,(H,17,18). The number of thiol groups is 1. The van der Waals surface area contributed by atoms with Crippen molar-refractivity contribution in [3.05, 3.63) is 57.0 Å². The average Bonchev–Trinajstić information content (AvgIpc) is 2.38. The highest BCUT2D eigenvalue weighted by Crippen LogP contribution is 2.30. The van der Waals surface area contributed by atoms with Gasteiger partial charge in [-0.25, -0.2) is 0 Å². The van der Waals surface area contributed by atoms with Gasteiger partial charge in [-0.2, -0.15) is 0 Å². The van der Waals surface area contributed by atoms with E-state index in [0.717, 1.165) is 10.5 Å². The van der Waals surface area contributed by atoms with Crippen molar-refractivity contribution in [1.29, 1.82) is 0 Å². The van der Waals surface area contributed by atoms with Crippen LogP contribution in [0.4, 0.5) is 5.69 Å². The number of halogens is 2. The summed E-state index contributed by atoms with van der Waals surface area (Å²) in [7, 11) is 0. The first-order chi connectivity index (χ1) is 8.99. The van der Waals surface area contributed by atoms with Gasteiger partial charge in [0.15, 0.2) is 0 Å². The van der Waals surface area contributed by atoms with Gasteiger partial charge in [0.05, 0.1) is 15.2 Å². The molecule has 0 bridgehead atoms. The first-order valence-corrected chi connectivity index (χ1v) is 7.16. The summed E-state index contributed by atoms with van der Waals surface area (Å²) in [5.74, 6) is -0.184. The molecule has 1 amide bonds. The maximum atomic E-state index is 12.2. The fourth-order valence-electron chi connectivity index (χ4n) is 1.64. The van der Waals surface area contributed by atoms with E-state index >= 15 is 0 Å². The fraction of sp³-hybridized carbons (Fsp3) is 0.0714. The van der Waals surface area contributed by atoms with Gasteiger partial charge in [-0.3, -0.25) is 4.79 Å².